The van der Waals surface area contributed by atoms with E-state index in [0.29, 0.717) is 24.3 Å². The number of carbonyl (C=O) groups excluding carboxylic acids is 1. The third-order valence-corrected chi connectivity index (χ3v) is 2.31. The molecule has 1 aliphatic heterocycles. The highest BCUT2D eigenvalue weighted by Gasteiger charge is 2.17. The molecule has 0 unspecified atom stereocenters. The molecule has 1 aliphatic rings. The van der Waals surface area contributed by atoms with Gasteiger partial charge < -0.3 is 10.1 Å². The monoisotopic (exact) mass is 203 g/mol. The molecule has 0 fully saturated rings. The van der Waals surface area contributed by atoms with Crippen LogP contribution in [0.2, 0.25) is 0 Å². The molecule has 0 spiro atoms. The molecule has 0 bridgehead atoms. The van der Waals surface area contributed by atoms with Crippen molar-refractivity contribution in [3.63, 3.8) is 0 Å². The van der Waals surface area contributed by atoms with Crippen LogP contribution in [-0.2, 0) is 0 Å². The zero-order chi connectivity index (χ0) is 10.7. The Labute approximate surface area is 88.8 Å². The molecule has 78 valence electrons. The third-order valence-electron chi connectivity index (χ3n) is 2.31. The number of para-hydroxylation sites is 1. The van der Waals surface area contributed by atoms with Crippen LogP contribution in [0.4, 0.5) is 5.69 Å². The van der Waals surface area contributed by atoms with E-state index < -0.39 is 0 Å². The van der Waals surface area contributed by atoms with Gasteiger partial charge in [-0.2, -0.15) is 0 Å². The Balaban J connectivity index is 2.38. The number of carbonyl (C=O) groups is 1. The van der Waals surface area contributed by atoms with E-state index in [-0.39, 0.29) is 5.78 Å². The standard InChI is InChI=1S/C12H13NO2/c1-2-4-11(14)9-5-3-6-10-12(9)15-8-7-13-10/h2-3,5-6,13H,1,4,7-8H2. The van der Waals surface area contributed by atoms with E-state index in [4.69, 9.17) is 4.74 Å². The van der Waals surface area contributed by atoms with Crippen molar-refractivity contribution >= 4 is 11.5 Å². The Hall–Kier alpha value is -1.77. The van der Waals surface area contributed by atoms with E-state index in [1.54, 1.807) is 12.1 Å². The van der Waals surface area contributed by atoms with Crippen LogP contribution in [0.15, 0.2) is 30.9 Å². The second kappa shape index (κ2) is 4.17. The van der Waals surface area contributed by atoms with Gasteiger partial charge in [0.1, 0.15) is 6.61 Å². The second-order valence-electron chi connectivity index (χ2n) is 3.37. The Morgan fingerprint density at radius 3 is 3.27 bits per heavy atom. The molecule has 0 aromatic heterocycles. The van der Waals surface area contributed by atoms with Gasteiger partial charge in [0.15, 0.2) is 11.5 Å². The number of ether oxygens (including phenoxy) is 1. The van der Waals surface area contributed by atoms with E-state index in [2.05, 4.69) is 11.9 Å². The highest BCUT2D eigenvalue weighted by Crippen LogP contribution is 2.31. The average molecular weight is 203 g/mol. The molecule has 1 aromatic rings. The summed E-state index contributed by atoms with van der Waals surface area (Å²) in [6.07, 6.45) is 1.96. The minimum absolute atomic E-state index is 0.0468. The molecule has 1 aromatic carbocycles. The summed E-state index contributed by atoms with van der Waals surface area (Å²) in [6, 6.07) is 5.56. The lowest BCUT2D eigenvalue weighted by molar-refractivity contribution is 0.0992. The number of fused-ring (bicyclic) bond motifs is 1. The van der Waals surface area contributed by atoms with Crippen molar-refractivity contribution in [1.82, 2.24) is 0 Å². The van der Waals surface area contributed by atoms with Crippen molar-refractivity contribution in [3.8, 4) is 5.75 Å². The van der Waals surface area contributed by atoms with Crippen LogP contribution in [0.25, 0.3) is 0 Å². The quantitative estimate of drug-likeness (QED) is 0.605. The fraction of sp³-hybridized carbons (Fsp3) is 0.250. The van der Waals surface area contributed by atoms with Gasteiger partial charge >= 0.3 is 0 Å². The molecule has 0 radical (unpaired) electrons. The molecule has 3 nitrogen and oxygen atoms in total. The minimum Gasteiger partial charge on any atom is -0.489 e. The fourth-order valence-electron chi connectivity index (χ4n) is 1.63. The summed E-state index contributed by atoms with van der Waals surface area (Å²) in [5.41, 5.74) is 1.54. The summed E-state index contributed by atoms with van der Waals surface area (Å²) >= 11 is 0. The Morgan fingerprint density at radius 1 is 1.60 bits per heavy atom. The van der Waals surface area contributed by atoms with Gasteiger partial charge in [-0.1, -0.05) is 12.1 Å². The number of benzene rings is 1. The summed E-state index contributed by atoms with van der Waals surface area (Å²) < 4.78 is 5.50. The number of anilines is 1. The van der Waals surface area contributed by atoms with E-state index in [9.17, 15) is 4.79 Å². The first kappa shape index (κ1) is 9.77. The Bertz CT molecular complexity index is 399. The lowest BCUT2D eigenvalue weighted by Gasteiger charge is -2.21. The minimum atomic E-state index is 0.0468. The van der Waals surface area contributed by atoms with Gasteiger partial charge in [0, 0.05) is 13.0 Å². The fourth-order valence-corrected chi connectivity index (χ4v) is 1.63. The molecule has 0 saturated heterocycles. The van der Waals surface area contributed by atoms with Crippen LogP contribution in [-0.4, -0.2) is 18.9 Å². The van der Waals surface area contributed by atoms with Crippen molar-refractivity contribution < 1.29 is 9.53 Å². The number of ketones is 1. The predicted molar refractivity (Wildman–Crippen MR) is 59.6 cm³/mol. The zero-order valence-corrected chi connectivity index (χ0v) is 8.45. The average Bonchev–Trinajstić information content (AvgIpc) is 2.28. The number of rotatable bonds is 3. The second-order valence-corrected chi connectivity index (χ2v) is 3.37. The molecular weight excluding hydrogens is 190 g/mol. The first-order valence-electron chi connectivity index (χ1n) is 4.96. The highest BCUT2D eigenvalue weighted by atomic mass is 16.5. The highest BCUT2D eigenvalue weighted by molar-refractivity contribution is 6.01. The smallest absolute Gasteiger partial charge is 0.170 e. The number of nitrogens with one attached hydrogen (secondary N) is 1. The largest absolute Gasteiger partial charge is 0.489 e. The SMILES string of the molecule is C=CCC(=O)c1cccc2c1OCCN2. The maximum absolute atomic E-state index is 11.7. The molecule has 0 amide bonds. The van der Waals surface area contributed by atoms with E-state index in [1.807, 2.05) is 12.1 Å². The number of allylic oxidation sites excluding steroid dienone is 1. The van der Waals surface area contributed by atoms with Gasteiger partial charge in [-0.3, -0.25) is 4.79 Å². The summed E-state index contributed by atoms with van der Waals surface area (Å²) in [7, 11) is 0. The maximum atomic E-state index is 11.7. The third kappa shape index (κ3) is 1.86. The zero-order valence-electron chi connectivity index (χ0n) is 8.45. The molecule has 0 aliphatic carbocycles. The first-order valence-corrected chi connectivity index (χ1v) is 4.96. The van der Waals surface area contributed by atoms with Crippen LogP contribution in [0.3, 0.4) is 0 Å². The number of hydrogen-bond acceptors (Lipinski definition) is 3. The Morgan fingerprint density at radius 2 is 2.47 bits per heavy atom. The lowest BCUT2D eigenvalue weighted by atomic mass is 10.1. The van der Waals surface area contributed by atoms with E-state index in [1.165, 1.54) is 0 Å². The van der Waals surface area contributed by atoms with Crippen molar-refractivity contribution in [3.05, 3.63) is 36.4 Å². The molecule has 15 heavy (non-hydrogen) atoms. The van der Waals surface area contributed by atoms with Crippen LogP contribution >= 0.6 is 0 Å². The molecule has 0 atom stereocenters. The number of Topliss-reactive ketones (excluding diaryl/α,β-unsaturated/α-hetero) is 1. The van der Waals surface area contributed by atoms with Gasteiger partial charge in [0.25, 0.3) is 0 Å². The van der Waals surface area contributed by atoms with E-state index in [0.717, 1.165) is 12.2 Å². The van der Waals surface area contributed by atoms with Crippen LogP contribution in [0.5, 0.6) is 5.75 Å². The van der Waals surface area contributed by atoms with Gasteiger partial charge in [0.2, 0.25) is 0 Å². The molecule has 1 N–H and O–H groups in total. The van der Waals surface area contributed by atoms with Gasteiger partial charge in [-0.15, -0.1) is 6.58 Å². The van der Waals surface area contributed by atoms with Crippen LogP contribution in [0, 0.1) is 0 Å². The molecule has 2 rings (SSSR count). The molecular formula is C12H13NO2. The number of hydrogen-bond donors (Lipinski definition) is 1. The van der Waals surface area contributed by atoms with E-state index >= 15 is 0 Å². The van der Waals surface area contributed by atoms with Crippen molar-refractivity contribution in [2.45, 2.75) is 6.42 Å². The molecule has 3 heteroatoms. The molecule has 0 saturated carbocycles. The van der Waals surface area contributed by atoms with Gasteiger partial charge in [-0.05, 0) is 12.1 Å². The van der Waals surface area contributed by atoms with Gasteiger partial charge in [0.05, 0.1) is 11.3 Å². The normalized spacial score (nSPS) is 13.3. The van der Waals surface area contributed by atoms with Gasteiger partial charge in [-0.25, -0.2) is 0 Å². The lowest BCUT2D eigenvalue weighted by Crippen LogP contribution is -2.19. The van der Waals surface area contributed by atoms with Crippen molar-refractivity contribution in [1.29, 1.82) is 0 Å². The summed E-state index contributed by atoms with van der Waals surface area (Å²) in [4.78, 5) is 11.7. The topological polar surface area (TPSA) is 38.3 Å². The summed E-state index contributed by atoms with van der Waals surface area (Å²) in [6.45, 7) is 4.95. The van der Waals surface area contributed by atoms with Crippen LogP contribution < -0.4 is 10.1 Å². The van der Waals surface area contributed by atoms with Crippen molar-refractivity contribution in [2.75, 3.05) is 18.5 Å². The molecule has 1 heterocycles. The van der Waals surface area contributed by atoms with Crippen molar-refractivity contribution in [2.24, 2.45) is 0 Å². The summed E-state index contributed by atoms with van der Waals surface area (Å²) in [5, 5.41) is 3.20. The van der Waals surface area contributed by atoms with Crippen LogP contribution in [0.1, 0.15) is 16.8 Å². The summed E-state index contributed by atoms with van der Waals surface area (Å²) in [5.74, 6) is 0.723. The maximum Gasteiger partial charge on any atom is 0.170 e. The Kier molecular flexibility index (Phi) is 2.72. The predicted octanol–water partition coefficient (Wildman–Crippen LogP) is 2.25. The first-order chi connectivity index (χ1) is 7.33.